The van der Waals surface area contributed by atoms with Gasteiger partial charge in [-0.05, 0) is 31.0 Å². The molecule has 0 saturated heterocycles. The van der Waals surface area contributed by atoms with Gasteiger partial charge in [0, 0.05) is 17.5 Å². The number of benzene rings is 1. The molecule has 2 nitrogen and oxygen atoms in total. The van der Waals surface area contributed by atoms with Crippen LogP contribution in [0.4, 0.5) is 13.2 Å². The van der Waals surface area contributed by atoms with Crippen molar-refractivity contribution in [1.29, 1.82) is 0 Å². The molecule has 1 unspecified atom stereocenters. The highest BCUT2D eigenvalue weighted by Crippen LogP contribution is 2.24. The van der Waals surface area contributed by atoms with Crippen molar-refractivity contribution in [2.24, 2.45) is 0 Å². The topological polar surface area (TPSA) is 33.1 Å². The molecule has 1 heterocycles. The third kappa shape index (κ3) is 3.12. The fourth-order valence-electron chi connectivity index (χ4n) is 1.78. The van der Waals surface area contributed by atoms with E-state index in [1.165, 1.54) is 0 Å². The van der Waals surface area contributed by atoms with E-state index < -0.39 is 23.6 Å². The summed E-state index contributed by atoms with van der Waals surface area (Å²) in [5, 5.41) is 9.82. The van der Waals surface area contributed by atoms with E-state index in [2.05, 4.69) is 4.98 Å². The number of halogens is 3. The first-order valence-electron chi connectivity index (χ1n) is 5.81. The number of aromatic nitrogens is 1. The second kappa shape index (κ2) is 5.84. The lowest BCUT2D eigenvalue weighted by atomic mass is 10.0. The molecule has 0 aliphatic heterocycles. The summed E-state index contributed by atoms with van der Waals surface area (Å²) in [6.07, 6.45) is 1.01. The molecule has 0 amide bonds. The number of nitrogens with zero attached hydrogens (tertiary/aromatic N) is 1. The van der Waals surface area contributed by atoms with Crippen molar-refractivity contribution in [2.45, 2.75) is 18.9 Å². The van der Waals surface area contributed by atoms with Gasteiger partial charge in [0.1, 0.15) is 0 Å². The minimum Gasteiger partial charge on any atom is -0.388 e. The van der Waals surface area contributed by atoms with Gasteiger partial charge in [-0.1, -0.05) is 12.1 Å². The lowest BCUT2D eigenvalue weighted by Gasteiger charge is -2.12. The van der Waals surface area contributed by atoms with Crippen LogP contribution < -0.4 is 0 Å². The first-order chi connectivity index (χ1) is 9.09. The SMILES string of the molecule is OC(CCc1ccccn1)c1ccc(F)c(F)c1F. The van der Waals surface area contributed by atoms with Crippen LogP contribution in [0.15, 0.2) is 36.5 Å². The number of hydrogen-bond donors (Lipinski definition) is 1. The summed E-state index contributed by atoms with van der Waals surface area (Å²) in [5.74, 6) is -4.17. The third-order valence-electron chi connectivity index (χ3n) is 2.82. The molecule has 1 aromatic carbocycles. The molecule has 19 heavy (non-hydrogen) atoms. The molecule has 100 valence electrons. The molecule has 1 N–H and O–H groups in total. The molecule has 2 aromatic rings. The molecule has 0 aliphatic carbocycles. The Balaban J connectivity index is 2.08. The summed E-state index contributed by atoms with van der Waals surface area (Å²) in [6.45, 7) is 0. The molecular formula is C14H12F3NO. The monoisotopic (exact) mass is 267 g/mol. The number of aliphatic hydroxyl groups is 1. The number of aryl methyl sites for hydroxylation is 1. The van der Waals surface area contributed by atoms with Crippen LogP contribution in [-0.4, -0.2) is 10.1 Å². The summed E-state index contributed by atoms with van der Waals surface area (Å²) in [7, 11) is 0. The molecule has 2 rings (SSSR count). The van der Waals surface area contributed by atoms with Crippen molar-refractivity contribution in [1.82, 2.24) is 4.98 Å². The smallest absolute Gasteiger partial charge is 0.194 e. The van der Waals surface area contributed by atoms with Gasteiger partial charge in [0.2, 0.25) is 0 Å². The molecule has 5 heteroatoms. The van der Waals surface area contributed by atoms with E-state index in [9.17, 15) is 18.3 Å². The average molecular weight is 267 g/mol. The van der Waals surface area contributed by atoms with Crippen LogP contribution in [0.3, 0.4) is 0 Å². The van der Waals surface area contributed by atoms with Crippen molar-refractivity contribution in [3.63, 3.8) is 0 Å². The van der Waals surface area contributed by atoms with Crippen LogP contribution in [0.1, 0.15) is 23.8 Å². The van der Waals surface area contributed by atoms with E-state index >= 15 is 0 Å². The Kier molecular flexibility index (Phi) is 4.16. The van der Waals surface area contributed by atoms with E-state index in [-0.39, 0.29) is 12.0 Å². The van der Waals surface area contributed by atoms with Gasteiger partial charge in [-0.15, -0.1) is 0 Å². The van der Waals surface area contributed by atoms with Gasteiger partial charge in [0.15, 0.2) is 17.5 Å². The van der Waals surface area contributed by atoms with Gasteiger partial charge in [-0.25, -0.2) is 13.2 Å². The third-order valence-corrected chi connectivity index (χ3v) is 2.82. The zero-order valence-electron chi connectivity index (χ0n) is 9.98. The van der Waals surface area contributed by atoms with Crippen molar-refractivity contribution in [3.8, 4) is 0 Å². The molecule has 0 radical (unpaired) electrons. The maximum absolute atomic E-state index is 13.4. The van der Waals surface area contributed by atoms with E-state index in [0.717, 1.165) is 17.8 Å². The summed E-state index contributed by atoms with van der Waals surface area (Å²) >= 11 is 0. The van der Waals surface area contributed by atoms with Gasteiger partial charge < -0.3 is 5.11 Å². The first kappa shape index (κ1) is 13.5. The van der Waals surface area contributed by atoms with Crippen LogP contribution in [0, 0.1) is 17.5 Å². The highest BCUT2D eigenvalue weighted by atomic mass is 19.2. The second-order valence-electron chi connectivity index (χ2n) is 4.14. The summed E-state index contributed by atoms with van der Waals surface area (Å²) in [5.41, 5.74) is 0.499. The molecule has 0 fully saturated rings. The average Bonchev–Trinajstić information content (AvgIpc) is 2.43. The van der Waals surface area contributed by atoms with E-state index in [1.807, 2.05) is 0 Å². The molecule has 0 aliphatic rings. The van der Waals surface area contributed by atoms with E-state index in [4.69, 9.17) is 0 Å². The zero-order valence-corrected chi connectivity index (χ0v) is 9.98. The lowest BCUT2D eigenvalue weighted by Crippen LogP contribution is -2.06. The minimum absolute atomic E-state index is 0.180. The Hall–Kier alpha value is -1.88. The van der Waals surface area contributed by atoms with Gasteiger partial charge in [-0.2, -0.15) is 0 Å². The van der Waals surface area contributed by atoms with Crippen LogP contribution >= 0.6 is 0 Å². The minimum atomic E-state index is -1.56. The number of rotatable bonds is 4. The van der Waals surface area contributed by atoms with Crippen molar-refractivity contribution in [3.05, 3.63) is 65.2 Å². The maximum atomic E-state index is 13.4. The van der Waals surface area contributed by atoms with Crippen molar-refractivity contribution >= 4 is 0 Å². The standard InChI is InChI=1S/C14H12F3NO/c15-11-6-5-10(13(16)14(11)17)12(19)7-4-9-3-1-2-8-18-9/h1-3,5-6,8,12,19H,4,7H2. The van der Waals surface area contributed by atoms with E-state index in [0.29, 0.717) is 6.42 Å². The second-order valence-corrected chi connectivity index (χ2v) is 4.14. The van der Waals surface area contributed by atoms with Crippen molar-refractivity contribution < 1.29 is 18.3 Å². The summed E-state index contributed by atoms with van der Waals surface area (Å²) in [6, 6.07) is 7.19. The molecule has 1 atom stereocenters. The normalized spacial score (nSPS) is 12.4. The predicted molar refractivity (Wildman–Crippen MR) is 63.8 cm³/mol. The molecule has 0 spiro atoms. The maximum Gasteiger partial charge on any atom is 0.194 e. The van der Waals surface area contributed by atoms with Gasteiger partial charge in [0.05, 0.1) is 6.10 Å². The number of aliphatic hydroxyl groups excluding tert-OH is 1. The number of pyridine rings is 1. The number of hydrogen-bond acceptors (Lipinski definition) is 2. The molecular weight excluding hydrogens is 255 g/mol. The Morgan fingerprint density at radius 3 is 2.53 bits per heavy atom. The van der Waals surface area contributed by atoms with Crippen LogP contribution in [-0.2, 0) is 6.42 Å². The Labute approximate surface area is 108 Å². The highest BCUT2D eigenvalue weighted by Gasteiger charge is 2.19. The summed E-state index contributed by atoms with van der Waals surface area (Å²) < 4.78 is 39.3. The van der Waals surface area contributed by atoms with Crippen molar-refractivity contribution in [2.75, 3.05) is 0 Å². The van der Waals surface area contributed by atoms with Gasteiger partial charge in [0.25, 0.3) is 0 Å². The van der Waals surface area contributed by atoms with Gasteiger partial charge >= 0.3 is 0 Å². The predicted octanol–water partition coefficient (Wildman–Crippen LogP) is 3.17. The zero-order chi connectivity index (χ0) is 13.8. The highest BCUT2D eigenvalue weighted by molar-refractivity contribution is 5.22. The van der Waals surface area contributed by atoms with Gasteiger partial charge in [-0.3, -0.25) is 4.98 Å². The Bertz CT molecular complexity index is 560. The van der Waals surface area contributed by atoms with E-state index in [1.54, 1.807) is 24.4 Å². The van der Waals surface area contributed by atoms with Crippen LogP contribution in [0.25, 0.3) is 0 Å². The fraction of sp³-hybridized carbons (Fsp3) is 0.214. The quantitative estimate of drug-likeness (QED) is 0.863. The molecule has 1 aromatic heterocycles. The largest absolute Gasteiger partial charge is 0.388 e. The Morgan fingerprint density at radius 1 is 1.05 bits per heavy atom. The molecule has 0 bridgehead atoms. The Morgan fingerprint density at radius 2 is 1.84 bits per heavy atom. The van der Waals surface area contributed by atoms with Crippen LogP contribution in [0.5, 0.6) is 0 Å². The molecule has 0 saturated carbocycles. The van der Waals surface area contributed by atoms with Crippen LogP contribution in [0.2, 0.25) is 0 Å². The lowest BCUT2D eigenvalue weighted by molar-refractivity contribution is 0.161. The summed E-state index contributed by atoms with van der Waals surface area (Å²) in [4.78, 5) is 4.06. The first-order valence-corrected chi connectivity index (χ1v) is 5.81. The fourth-order valence-corrected chi connectivity index (χ4v) is 1.78.